The Morgan fingerprint density at radius 3 is 2.25 bits per heavy atom. The second kappa shape index (κ2) is 12.8. The van der Waals surface area contributed by atoms with Crippen LogP contribution in [-0.4, -0.2) is 82.2 Å². The van der Waals surface area contributed by atoms with E-state index in [9.17, 15) is 23.9 Å². The maximum Gasteiger partial charge on any atom is 0.328 e. The molecule has 3 N–H and O–H groups in total. The molecule has 0 amide bonds. The number of β-amino-alcohol motifs (C(OH)–C–C–N with tert-alkyl or cyclic N) is 1. The molecule has 0 bridgehead atoms. The minimum Gasteiger partial charge on any atom is -0.478 e. The van der Waals surface area contributed by atoms with Crippen molar-refractivity contribution >= 4 is 29.5 Å². The Bertz CT molecular complexity index is 1130. The summed E-state index contributed by atoms with van der Waals surface area (Å²) in [6.45, 7) is 6.15. The minimum absolute atomic E-state index is 0.0621. The van der Waals surface area contributed by atoms with Gasteiger partial charge >= 0.3 is 11.9 Å². The third-order valence-electron chi connectivity index (χ3n) is 6.07. The summed E-state index contributed by atoms with van der Waals surface area (Å²) in [5, 5.41) is 24.8. The predicted octanol–water partition coefficient (Wildman–Crippen LogP) is 3.10. The van der Waals surface area contributed by atoms with Gasteiger partial charge in [0.05, 0.1) is 6.61 Å². The molecule has 2 aliphatic rings. The summed E-state index contributed by atoms with van der Waals surface area (Å²) in [6.07, 6.45) is 1.92. The number of halogens is 1. The number of hydrogen-bond acceptors (Lipinski definition) is 7. The zero-order valence-corrected chi connectivity index (χ0v) is 20.7. The number of ketones is 1. The van der Waals surface area contributed by atoms with E-state index >= 15 is 0 Å². The van der Waals surface area contributed by atoms with Gasteiger partial charge in [0.2, 0.25) is 0 Å². The van der Waals surface area contributed by atoms with E-state index in [1.54, 1.807) is 24.8 Å². The van der Waals surface area contributed by atoms with Crippen molar-refractivity contribution in [1.82, 2.24) is 9.80 Å². The topological polar surface area (TPSA) is 118 Å². The largest absolute Gasteiger partial charge is 0.478 e. The van der Waals surface area contributed by atoms with E-state index in [0.717, 1.165) is 59.1 Å². The van der Waals surface area contributed by atoms with E-state index in [0.29, 0.717) is 18.7 Å². The number of hydrogen-bond donors (Lipinski definition) is 3. The van der Waals surface area contributed by atoms with Gasteiger partial charge in [-0.2, -0.15) is 0 Å². The van der Waals surface area contributed by atoms with Crippen LogP contribution in [0.25, 0.3) is 0 Å². The van der Waals surface area contributed by atoms with Gasteiger partial charge in [-0.15, -0.1) is 0 Å². The number of aliphatic hydroxyl groups excluding tert-OH is 1. The number of aliphatic carboxylic acids is 2. The Kier molecular flexibility index (Phi) is 9.77. The summed E-state index contributed by atoms with van der Waals surface area (Å²) < 4.78 is 13.8. The first-order chi connectivity index (χ1) is 17.2. The number of piperazine rings is 1. The van der Waals surface area contributed by atoms with E-state index in [4.69, 9.17) is 10.2 Å². The molecule has 192 valence electrons. The molecular formula is C26H29FN2O6S. The molecule has 0 radical (unpaired) electrons. The normalized spacial score (nSPS) is 17.9. The third-order valence-corrected chi connectivity index (χ3v) is 7.26. The number of benzene rings is 2. The Morgan fingerprint density at radius 2 is 1.67 bits per heavy atom. The SMILES string of the molecule is CC(=O)c1ccc2c(c1)C(N1CCN(CCO)CC1)Cc1ccc(F)cc1S2.O=C(O)/C=C\C(=O)O. The molecule has 0 spiro atoms. The van der Waals surface area contributed by atoms with Crippen LogP contribution in [0.1, 0.15) is 34.5 Å². The van der Waals surface area contributed by atoms with Crippen LogP contribution in [0, 0.1) is 5.82 Å². The van der Waals surface area contributed by atoms with Gasteiger partial charge in [0.25, 0.3) is 0 Å². The average molecular weight is 517 g/mol. The number of carboxylic acids is 2. The van der Waals surface area contributed by atoms with E-state index in [-0.39, 0.29) is 24.2 Å². The van der Waals surface area contributed by atoms with Gasteiger partial charge in [-0.05, 0) is 48.7 Å². The monoisotopic (exact) mass is 516 g/mol. The molecule has 0 saturated carbocycles. The number of carboxylic acid groups (broad SMARTS) is 2. The van der Waals surface area contributed by atoms with Crippen molar-refractivity contribution in [2.75, 3.05) is 39.3 Å². The van der Waals surface area contributed by atoms with Gasteiger partial charge in [-0.3, -0.25) is 14.6 Å². The van der Waals surface area contributed by atoms with Crippen molar-refractivity contribution in [3.05, 3.63) is 71.1 Å². The first kappa shape index (κ1) is 27.5. The number of aliphatic hydroxyl groups is 1. The van der Waals surface area contributed by atoms with Gasteiger partial charge in [0.1, 0.15) is 5.82 Å². The maximum atomic E-state index is 13.8. The number of fused-ring (bicyclic) bond motifs is 2. The highest BCUT2D eigenvalue weighted by Crippen LogP contribution is 2.43. The van der Waals surface area contributed by atoms with E-state index < -0.39 is 11.9 Å². The Hall–Kier alpha value is -3.05. The van der Waals surface area contributed by atoms with Crippen molar-refractivity contribution in [3.8, 4) is 0 Å². The van der Waals surface area contributed by atoms with Crippen molar-refractivity contribution in [2.24, 2.45) is 0 Å². The van der Waals surface area contributed by atoms with Crippen LogP contribution in [0.5, 0.6) is 0 Å². The molecule has 36 heavy (non-hydrogen) atoms. The summed E-state index contributed by atoms with van der Waals surface area (Å²) in [5.41, 5.74) is 3.03. The Balaban J connectivity index is 0.000000392. The van der Waals surface area contributed by atoms with E-state index in [2.05, 4.69) is 9.80 Å². The Labute approximate surface area is 213 Å². The summed E-state index contributed by atoms with van der Waals surface area (Å²) >= 11 is 1.59. The lowest BCUT2D eigenvalue weighted by Gasteiger charge is -2.39. The molecule has 2 aromatic rings. The van der Waals surface area contributed by atoms with Gasteiger partial charge in [0.15, 0.2) is 5.78 Å². The minimum atomic E-state index is -1.26. The van der Waals surface area contributed by atoms with Crippen LogP contribution in [0.15, 0.2) is 58.3 Å². The zero-order valence-electron chi connectivity index (χ0n) is 19.9. The molecule has 1 atom stereocenters. The average Bonchev–Trinajstić information content (AvgIpc) is 2.99. The number of Topliss-reactive ketones (excluding diaryl/α,β-unsaturated/α-hetero) is 1. The van der Waals surface area contributed by atoms with Crippen LogP contribution < -0.4 is 0 Å². The fourth-order valence-corrected chi connectivity index (χ4v) is 5.40. The Morgan fingerprint density at radius 1 is 1.00 bits per heavy atom. The highest BCUT2D eigenvalue weighted by atomic mass is 32.2. The zero-order chi connectivity index (χ0) is 26.2. The van der Waals surface area contributed by atoms with Crippen molar-refractivity contribution in [1.29, 1.82) is 0 Å². The van der Waals surface area contributed by atoms with E-state index in [1.807, 2.05) is 24.3 Å². The molecule has 4 rings (SSSR count). The summed E-state index contributed by atoms with van der Waals surface area (Å²) in [6, 6.07) is 11.1. The van der Waals surface area contributed by atoms with Gasteiger partial charge in [-0.25, -0.2) is 14.0 Å². The lowest BCUT2D eigenvalue weighted by atomic mass is 9.94. The van der Waals surface area contributed by atoms with Crippen molar-refractivity contribution in [3.63, 3.8) is 0 Å². The first-order valence-electron chi connectivity index (χ1n) is 11.5. The standard InChI is InChI=1S/C22H25FN2O2S.C4H4O4/c1-15(27)16-3-5-21-19(12-16)20(25-8-6-24(7-9-25)10-11-26)13-17-2-4-18(23)14-22(17)28-21;5-3(6)1-2-4(7)8/h2-5,12,14,20,26H,6-11,13H2,1H3;1-2H,(H,5,6)(H,7,8)/b;2-1-. The molecular weight excluding hydrogens is 487 g/mol. The number of nitrogens with zero attached hydrogens (tertiary/aromatic N) is 2. The fraction of sp³-hybridized carbons (Fsp3) is 0.346. The lowest BCUT2D eigenvalue weighted by molar-refractivity contribution is -0.134. The number of carbonyl (C=O) groups is 3. The maximum absolute atomic E-state index is 13.8. The van der Waals surface area contributed by atoms with E-state index in [1.165, 1.54) is 6.07 Å². The quantitative estimate of drug-likeness (QED) is 0.393. The third kappa shape index (κ3) is 7.47. The highest BCUT2D eigenvalue weighted by molar-refractivity contribution is 7.99. The smallest absolute Gasteiger partial charge is 0.328 e. The van der Waals surface area contributed by atoms with Gasteiger partial charge in [-0.1, -0.05) is 23.9 Å². The summed E-state index contributed by atoms with van der Waals surface area (Å²) in [5.74, 6) is -2.67. The molecule has 2 heterocycles. The molecule has 2 aromatic carbocycles. The number of rotatable bonds is 6. The molecule has 8 nitrogen and oxygen atoms in total. The second-order valence-corrected chi connectivity index (χ2v) is 9.58. The second-order valence-electron chi connectivity index (χ2n) is 8.49. The summed E-state index contributed by atoms with van der Waals surface area (Å²) in [7, 11) is 0. The van der Waals surface area contributed by atoms with Crippen molar-refractivity contribution in [2.45, 2.75) is 29.2 Å². The molecule has 1 saturated heterocycles. The lowest BCUT2D eigenvalue weighted by Crippen LogP contribution is -2.48. The molecule has 0 aliphatic carbocycles. The first-order valence-corrected chi connectivity index (χ1v) is 12.3. The molecule has 0 aromatic heterocycles. The number of carbonyl (C=O) groups excluding carboxylic acids is 1. The van der Waals surface area contributed by atoms with Gasteiger partial charge in [0, 0.05) is 66.3 Å². The molecule has 1 fully saturated rings. The van der Waals surface area contributed by atoms with Crippen LogP contribution in [0.4, 0.5) is 4.39 Å². The fourth-order valence-electron chi connectivity index (χ4n) is 4.26. The van der Waals surface area contributed by atoms with Gasteiger partial charge < -0.3 is 15.3 Å². The molecule has 10 heteroatoms. The van der Waals surface area contributed by atoms with Crippen molar-refractivity contribution < 1.29 is 34.1 Å². The predicted molar refractivity (Wildman–Crippen MR) is 133 cm³/mol. The molecule has 1 unspecified atom stereocenters. The van der Waals surface area contributed by atoms with Crippen LogP contribution in [0.2, 0.25) is 0 Å². The van der Waals surface area contributed by atoms with Crippen LogP contribution in [-0.2, 0) is 16.0 Å². The van der Waals surface area contributed by atoms with Crippen LogP contribution >= 0.6 is 11.8 Å². The highest BCUT2D eigenvalue weighted by Gasteiger charge is 2.30. The van der Waals surface area contributed by atoms with Crippen LogP contribution in [0.3, 0.4) is 0 Å². The summed E-state index contributed by atoms with van der Waals surface area (Å²) in [4.78, 5) is 37.9. The molecule has 2 aliphatic heterocycles.